The molecule has 1 aromatic rings. The summed E-state index contributed by atoms with van der Waals surface area (Å²) in [5.41, 5.74) is 6.31. The molecule has 1 rings (SSSR count). The van der Waals surface area contributed by atoms with E-state index in [1.165, 1.54) is 0 Å². The zero-order valence-electron chi connectivity index (χ0n) is 9.42. The van der Waals surface area contributed by atoms with Crippen LogP contribution in [0.15, 0.2) is 18.2 Å². The van der Waals surface area contributed by atoms with E-state index in [1.807, 2.05) is 25.7 Å². The number of hydrogen-bond donors (Lipinski definition) is 1. The summed E-state index contributed by atoms with van der Waals surface area (Å²) in [6.07, 6.45) is 0. The second-order valence-electron chi connectivity index (χ2n) is 4.47. The zero-order valence-corrected chi connectivity index (χ0v) is 11.7. The Hall–Kier alpha value is -0.510. The van der Waals surface area contributed by atoms with Gasteiger partial charge in [-0.2, -0.15) is 0 Å². The van der Waals surface area contributed by atoms with Crippen molar-refractivity contribution in [2.45, 2.75) is 26.3 Å². The van der Waals surface area contributed by atoms with Gasteiger partial charge >= 0.3 is 0 Å². The van der Waals surface area contributed by atoms with Crippen LogP contribution in [0.3, 0.4) is 0 Å². The summed E-state index contributed by atoms with van der Waals surface area (Å²) in [6, 6.07) is 5.25. The van der Waals surface area contributed by atoms with Crippen LogP contribution in [-0.4, -0.2) is 10.7 Å². The minimum Gasteiger partial charge on any atom is -0.376 e. The summed E-state index contributed by atoms with van der Waals surface area (Å²) in [7, 11) is 0. The van der Waals surface area contributed by atoms with Gasteiger partial charge in [0.15, 0.2) is 5.11 Å². The summed E-state index contributed by atoms with van der Waals surface area (Å²) in [5, 5.41) is 1.42. The third kappa shape index (κ3) is 3.24. The highest BCUT2D eigenvalue weighted by atomic mass is 35.5. The van der Waals surface area contributed by atoms with Gasteiger partial charge in [0, 0.05) is 21.3 Å². The third-order valence-corrected chi connectivity index (χ3v) is 2.62. The number of nitrogens with two attached hydrogens (primary N) is 1. The Morgan fingerprint density at radius 1 is 1.19 bits per heavy atom. The molecule has 0 radical (unpaired) electrons. The molecule has 0 saturated heterocycles. The molecule has 0 aliphatic carbocycles. The quantitative estimate of drug-likeness (QED) is 0.791. The van der Waals surface area contributed by atoms with Crippen molar-refractivity contribution in [1.29, 1.82) is 0 Å². The molecule has 0 aromatic heterocycles. The fraction of sp³-hybridized carbons (Fsp3) is 0.364. The van der Waals surface area contributed by atoms with Gasteiger partial charge in [0.1, 0.15) is 0 Å². The van der Waals surface area contributed by atoms with Crippen molar-refractivity contribution in [3.05, 3.63) is 28.2 Å². The minimum atomic E-state index is -0.222. The van der Waals surface area contributed by atoms with Crippen molar-refractivity contribution in [3.63, 3.8) is 0 Å². The summed E-state index contributed by atoms with van der Waals surface area (Å²) in [6.45, 7) is 6.04. The van der Waals surface area contributed by atoms with Crippen LogP contribution in [0, 0.1) is 0 Å². The van der Waals surface area contributed by atoms with Gasteiger partial charge in [-0.25, -0.2) is 0 Å². The monoisotopic (exact) mass is 276 g/mol. The maximum atomic E-state index is 5.95. The normalized spacial score (nSPS) is 11.3. The summed E-state index contributed by atoms with van der Waals surface area (Å²) in [4.78, 5) is 1.82. The summed E-state index contributed by atoms with van der Waals surface area (Å²) >= 11 is 17.0. The molecular weight excluding hydrogens is 263 g/mol. The highest BCUT2D eigenvalue weighted by molar-refractivity contribution is 7.80. The molecule has 0 fully saturated rings. The average molecular weight is 277 g/mol. The van der Waals surface area contributed by atoms with E-state index in [0.29, 0.717) is 15.2 Å². The lowest BCUT2D eigenvalue weighted by molar-refractivity contribution is 0.572. The second kappa shape index (κ2) is 4.78. The van der Waals surface area contributed by atoms with E-state index in [0.717, 1.165) is 5.69 Å². The van der Waals surface area contributed by atoms with E-state index in [9.17, 15) is 0 Å². The van der Waals surface area contributed by atoms with Crippen LogP contribution in [0.1, 0.15) is 20.8 Å². The molecule has 0 saturated carbocycles. The van der Waals surface area contributed by atoms with Crippen molar-refractivity contribution in [3.8, 4) is 0 Å². The summed E-state index contributed by atoms with van der Waals surface area (Å²) in [5.74, 6) is 0. The predicted molar refractivity (Wildman–Crippen MR) is 75.5 cm³/mol. The highest BCUT2D eigenvalue weighted by Gasteiger charge is 2.24. The van der Waals surface area contributed by atoms with Gasteiger partial charge < -0.3 is 10.6 Å². The number of nitrogens with zero attached hydrogens (tertiary/aromatic N) is 1. The van der Waals surface area contributed by atoms with Gasteiger partial charge in [0.05, 0.1) is 0 Å². The molecule has 2 N–H and O–H groups in total. The van der Waals surface area contributed by atoms with Gasteiger partial charge in [-0.1, -0.05) is 23.2 Å². The molecule has 0 bridgehead atoms. The van der Waals surface area contributed by atoms with Crippen LogP contribution < -0.4 is 10.6 Å². The van der Waals surface area contributed by atoms with Crippen molar-refractivity contribution in [2.75, 3.05) is 4.90 Å². The largest absolute Gasteiger partial charge is 0.376 e. The number of rotatable bonds is 1. The fourth-order valence-corrected chi connectivity index (χ4v) is 2.41. The number of anilines is 1. The van der Waals surface area contributed by atoms with Crippen LogP contribution >= 0.6 is 35.4 Å². The molecule has 88 valence electrons. The Labute approximate surface area is 111 Å². The highest BCUT2D eigenvalue weighted by Crippen LogP contribution is 2.29. The van der Waals surface area contributed by atoms with Crippen molar-refractivity contribution < 1.29 is 0 Å². The molecule has 0 aliphatic heterocycles. The van der Waals surface area contributed by atoms with Crippen LogP contribution in [-0.2, 0) is 0 Å². The number of benzene rings is 1. The van der Waals surface area contributed by atoms with E-state index in [4.69, 9.17) is 41.2 Å². The first-order valence-electron chi connectivity index (χ1n) is 4.77. The van der Waals surface area contributed by atoms with E-state index < -0.39 is 0 Å². The van der Waals surface area contributed by atoms with E-state index >= 15 is 0 Å². The first kappa shape index (κ1) is 13.6. The van der Waals surface area contributed by atoms with Crippen molar-refractivity contribution in [1.82, 2.24) is 0 Å². The van der Waals surface area contributed by atoms with Crippen LogP contribution in [0.2, 0.25) is 10.0 Å². The van der Waals surface area contributed by atoms with Gasteiger partial charge in [-0.3, -0.25) is 0 Å². The standard InChI is InChI=1S/C11H14Cl2N2S/c1-11(2,3)15(10(14)16)9-5-7(12)4-8(13)6-9/h4-6H,1-3H3,(H2,14,16). The third-order valence-electron chi connectivity index (χ3n) is 2.00. The molecule has 0 unspecified atom stereocenters. The molecule has 0 atom stereocenters. The molecule has 0 spiro atoms. The molecule has 0 amide bonds. The zero-order chi connectivity index (χ0) is 12.5. The maximum Gasteiger partial charge on any atom is 0.171 e. The number of thiocarbonyl (C=S) groups is 1. The van der Waals surface area contributed by atoms with E-state index in [-0.39, 0.29) is 5.54 Å². The minimum absolute atomic E-state index is 0.222. The Kier molecular flexibility index (Phi) is 4.05. The number of hydrogen-bond acceptors (Lipinski definition) is 1. The van der Waals surface area contributed by atoms with Crippen LogP contribution in [0.4, 0.5) is 5.69 Å². The molecule has 16 heavy (non-hydrogen) atoms. The van der Waals surface area contributed by atoms with Gasteiger partial charge in [0.25, 0.3) is 0 Å². The Morgan fingerprint density at radius 2 is 1.62 bits per heavy atom. The first-order chi connectivity index (χ1) is 7.21. The Balaban J connectivity index is 3.27. The maximum absolute atomic E-state index is 5.95. The first-order valence-corrected chi connectivity index (χ1v) is 5.94. The van der Waals surface area contributed by atoms with Crippen molar-refractivity contribution >= 4 is 46.2 Å². The van der Waals surface area contributed by atoms with E-state index in [2.05, 4.69) is 0 Å². The smallest absolute Gasteiger partial charge is 0.171 e. The second-order valence-corrected chi connectivity index (χ2v) is 5.76. The lowest BCUT2D eigenvalue weighted by Crippen LogP contribution is -2.48. The van der Waals surface area contributed by atoms with E-state index in [1.54, 1.807) is 18.2 Å². The van der Waals surface area contributed by atoms with Gasteiger partial charge in [-0.05, 0) is 51.2 Å². The molecule has 0 aliphatic rings. The topological polar surface area (TPSA) is 29.3 Å². The molecular formula is C11H14Cl2N2S. The lowest BCUT2D eigenvalue weighted by Gasteiger charge is -2.36. The van der Waals surface area contributed by atoms with Gasteiger partial charge in [-0.15, -0.1) is 0 Å². The molecule has 0 heterocycles. The fourth-order valence-electron chi connectivity index (χ4n) is 1.51. The van der Waals surface area contributed by atoms with Gasteiger partial charge in [0.2, 0.25) is 0 Å². The lowest BCUT2D eigenvalue weighted by atomic mass is 10.1. The Bertz CT molecular complexity index is 393. The average Bonchev–Trinajstić information content (AvgIpc) is 1.96. The van der Waals surface area contributed by atoms with Crippen molar-refractivity contribution in [2.24, 2.45) is 5.73 Å². The number of halogens is 2. The summed E-state index contributed by atoms with van der Waals surface area (Å²) < 4.78 is 0. The molecule has 1 aromatic carbocycles. The molecule has 5 heteroatoms. The Morgan fingerprint density at radius 3 is 1.94 bits per heavy atom. The van der Waals surface area contributed by atoms with Crippen LogP contribution in [0.25, 0.3) is 0 Å². The predicted octanol–water partition coefficient (Wildman–Crippen LogP) is 3.84. The van der Waals surface area contributed by atoms with Crippen LogP contribution in [0.5, 0.6) is 0 Å². The SMILES string of the molecule is CC(C)(C)N(C(N)=S)c1cc(Cl)cc(Cl)c1. The molecule has 2 nitrogen and oxygen atoms in total.